The summed E-state index contributed by atoms with van der Waals surface area (Å²) in [6.45, 7) is 0. The molecular formula is C20H20IN3O. The average Bonchev–Trinajstić information content (AvgIpc) is 2.65. The van der Waals surface area contributed by atoms with E-state index in [0.29, 0.717) is 9.80 Å². The Bertz CT molecular complexity index is 776. The van der Waals surface area contributed by atoms with Gasteiger partial charge in [-0.25, -0.2) is 9.97 Å². The van der Waals surface area contributed by atoms with Crippen molar-refractivity contribution in [1.29, 1.82) is 0 Å². The Morgan fingerprint density at radius 2 is 1.60 bits per heavy atom. The van der Waals surface area contributed by atoms with Crippen LogP contribution < -0.4 is 5.32 Å². The molecule has 0 aliphatic heterocycles. The maximum absolute atomic E-state index is 9.31. The number of aryl methyl sites for hydroxylation is 1. The fourth-order valence-electron chi connectivity index (χ4n) is 2.61. The van der Waals surface area contributed by atoms with Crippen molar-refractivity contribution < 1.29 is 5.11 Å². The molecule has 4 nitrogen and oxygen atoms in total. The molecule has 1 aromatic heterocycles. The van der Waals surface area contributed by atoms with Gasteiger partial charge in [-0.3, -0.25) is 0 Å². The number of rotatable bonds is 7. The van der Waals surface area contributed by atoms with Gasteiger partial charge in [-0.1, -0.05) is 46.9 Å². The minimum absolute atomic E-state index is 0.293. The number of hydrogen-bond donors (Lipinski definition) is 2. The molecule has 0 bridgehead atoms. The summed E-state index contributed by atoms with van der Waals surface area (Å²) in [6, 6.07) is 15.8. The minimum Gasteiger partial charge on any atom is -0.508 e. The van der Waals surface area contributed by atoms with Crippen LogP contribution >= 0.6 is 22.6 Å². The lowest BCUT2D eigenvalue weighted by Crippen LogP contribution is -2.11. The lowest BCUT2D eigenvalue weighted by atomic mass is 10.0. The number of alkyl halides is 1. The third-order valence-electron chi connectivity index (χ3n) is 3.96. The fraction of sp³-hybridized carbons (Fsp3) is 0.200. The van der Waals surface area contributed by atoms with Crippen molar-refractivity contribution >= 4 is 28.3 Å². The molecule has 0 saturated carbocycles. The van der Waals surface area contributed by atoms with Gasteiger partial charge in [0.1, 0.15) is 12.1 Å². The quantitative estimate of drug-likeness (QED) is 0.232. The van der Waals surface area contributed by atoms with Gasteiger partial charge in [0.15, 0.2) is 0 Å². The number of anilines is 1. The molecule has 25 heavy (non-hydrogen) atoms. The van der Waals surface area contributed by atoms with E-state index in [2.05, 4.69) is 62.1 Å². The van der Waals surface area contributed by atoms with Crippen molar-refractivity contribution in [3.8, 4) is 16.9 Å². The third kappa shape index (κ3) is 5.42. The Morgan fingerprint density at radius 3 is 2.28 bits per heavy atom. The first kappa shape index (κ1) is 17.7. The van der Waals surface area contributed by atoms with Gasteiger partial charge < -0.3 is 10.4 Å². The number of nitrogens with zero attached hydrogens (tertiary/aromatic N) is 2. The second kappa shape index (κ2) is 8.80. The highest BCUT2D eigenvalue weighted by Gasteiger charge is 2.05. The normalized spacial score (nSPS) is 11.9. The van der Waals surface area contributed by atoms with Crippen LogP contribution in [-0.4, -0.2) is 19.1 Å². The van der Waals surface area contributed by atoms with Crippen molar-refractivity contribution in [2.45, 2.75) is 23.3 Å². The Hall–Kier alpha value is -2.15. The maximum Gasteiger partial charge on any atom is 0.115 e. The Kier molecular flexibility index (Phi) is 6.22. The van der Waals surface area contributed by atoms with E-state index in [0.717, 1.165) is 36.1 Å². The second-order valence-electron chi connectivity index (χ2n) is 5.88. The summed E-state index contributed by atoms with van der Waals surface area (Å²) >= 11 is 2.42. The number of phenols is 1. The van der Waals surface area contributed by atoms with Crippen molar-refractivity contribution in [1.82, 2.24) is 9.97 Å². The topological polar surface area (TPSA) is 58.0 Å². The predicted molar refractivity (Wildman–Crippen MR) is 110 cm³/mol. The van der Waals surface area contributed by atoms with Crippen LogP contribution in [0.1, 0.15) is 18.4 Å². The predicted octanol–water partition coefficient (Wildman–Crippen LogP) is 5.05. The van der Waals surface area contributed by atoms with Crippen LogP contribution in [0.25, 0.3) is 11.1 Å². The number of benzene rings is 2. The monoisotopic (exact) mass is 445 g/mol. The van der Waals surface area contributed by atoms with E-state index in [1.54, 1.807) is 18.5 Å². The fourth-order valence-corrected chi connectivity index (χ4v) is 3.41. The van der Waals surface area contributed by atoms with Crippen molar-refractivity contribution in [3.05, 3.63) is 72.8 Å². The first-order chi connectivity index (χ1) is 12.2. The standard InChI is InChI=1S/C20H20IN3O/c21-20(24-18-8-10-19(25)11-9-18)3-1-2-15-4-6-16(7-5-15)17-12-22-14-23-13-17/h4-14,20,24-25H,1-3H2/t20-/m1/s1. The number of aromatic hydroxyl groups is 1. The zero-order valence-electron chi connectivity index (χ0n) is 13.8. The molecular weight excluding hydrogens is 425 g/mol. The summed E-state index contributed by atoms with van der Waals surface area (Å²) in [5.74, 6) is 0.293. The van der Waals surface area contributed by atoms with Gasteiger partial charge in [0.25, 0.3) is 0 Å². The molecule has 0 fully saturated rings. The highest BCUT2D eigenvalue weighted by molar-refractivity contribution is 14.1. The first-order valence-electron chi connectivity index (χ1n) is 8.25. The lowest BCUT2D eigenvalue weighted by Gasteiger charge is -2.13. The van der Waals surface area contributed by atoms with E-state index >= 15 is 0 Å². The Balaban J connectivity index is 1.46. The van der Waals surface area contributed by atoms with E-state index in [1.165, 1.54) is 5.56 Å². The van der Waals surface area contributed by atoms with Gasteiger partial charge in [-0.15, -0.1) is 0 Å². The zero-order valence-corrected chi connectivity index (χ0v) is 15.9. The van der Waals surface area contributed by atoms with Crippen molar-refractivity contribution in [3.63, 3.8) is 0 Å². The van der Waals surface area contributed by atoms with Gasteiger partial charge in [-0.05, 0) is 54.7 Å². The molecule has 0 unspecified atom stereocenters. The molecule has 0 saturated heterocycles. The van der Waals surface area contributed by atoms with E-state index in [4.69, 9.17) is 0 Å². The van der Waals surface area contributed by atoms with Crippen LogP contribution in [0.2, 0.25) is 0 Å². The van der Waals surface area contributed by atoms with E-state index in [9.17, 15) is 5.11 Å². The van der Waals surface area contributed by atoms with Crippen molar-refractivity contribution in [2.24, 2.45) is 0 Å². The van der Waals surface area contributed by atoms with Gasteiger partial charge >= 0.3 is 0 Å². The molecule has 2 aromatic carbocycles. The molecule has 1 atom stereocenters. The number of halogens is 1. The molecule has 0 aliphatic rings. The second-order valence-corrected chi connectivity index (χ2v) is 7.38. The van der Waals surface area contributed by atoms with Gasteiger partial charge in [-0.2, -0.15) is 0 Å². The first-order valence-corrected chi connectivity index (χ1v) is 9.49. The maximum atomic E-state index is 9.31. The van der Waals surface area contributed by atoms with Crippen LogP contribution in [0, 0.1) is 0 Å². The van der Waals surface area contributed by atoms with Gasteiger partial charge in [0.2, 0.25) is 0 Å². The SMILES string of the molecule is Oc1ccc(N[C@@H](I)CCCc2ccc(-c3cncnc3)cc2)cc1. The summed E-state index contributed by atoms with van der Waals surface area (Å²) in [5, 5.41) is 12.8. The van der Waals surface area contributed by atoms with E-state index in [-0.39, 0.29) is 0 Å². The van der Waals surface area contributed by atoms with E-state index < -0.39 is 0 Å². The average molecular weight is 445 g/mol. The summed E-state index contributed by atoms with van der Waals surface area (Å²) < 4.78 is 0.364. The molecule has 2 N–H and O–H groups in total. The van der Waals surface area contributed by atoms with Crippen molar-refractivity contribution in [2.75, 3.05) is 5.32 Å². The lowest BCUT2D eigenvalue weighted by molar-refractivity contribution is 0.475. The van der Waals surface area contributed by atoms with Gasteiger partial charge in [0, 0.05) is 23.6 Å². The number of hydrogen-bond acceptors (Lipinski definition) is 4. The van der Waals surface area contributed by atoms with Crippen LogP contribution in [0.4, 0.5) is 5.69 Å². The number of aromatic nitrogens is 2. The molecule has 5 heteroatoms. The van der Waals surface area contributed by atoms with Crippen LogP contribution in [0.15, 0.2) is 67.3 Å². The molecule has 0 radical (unpaired) electrons. The third-order valence-corrected chi connectivity index (χ3v) is 4.90. The highest BCUT2D eigenvalue weighted by atomic mass is 127. The Labute approximate surface area is 161 Å². The highest BCUT2D eigenvalue weighted by Crippen LogP contribution is 2.21. The van der Waals surface area contributed by atoms with E-state index in [1.807, 2.05) is 24.5 Å². The zero-order chi connectivity index (χ0) is 17.5. The number of nitrogens with one attached hydrogen (secondary N) is 1. The summed E-state index contributed by atoms with van der Waals surface area (Å²) in [4.78, 5) is 8.12. The molecule has 3 aromatic rings. The van der Waals surface area contributed by atoms with Crippen LogP contribution in [0.3, 0.4) is 0 Å². The molecule has 0 amide bonds. The smallest absolute Gasteiger partial charge is 0.115 e. The molecule has 1 heterocycles. The summed E-state index contributed by atoms with van der Waals surface area (Å²) in [6.07, 6.45) is 8.46. The molecule has 0 spiro atoms. The number of phenolic OH excluding ortho intramolecular Hbond substituents is 1. The summed E-state index contributed by atoms with van der Waals surface area (Å²) in [5.41, 5.74) is 4.56. The summed E-state index contributed by atoms with van der Waals surface area (Å²) in [7, 11) is 0. The van der Waals surface area contributed by atoms with Gasteiger partial charge in [0.05, 0.1) is 4.05 Å². The Morgan fingerprint density at radius 1 is 0.920 bits per heavy atom. The molecule has 0 aliphatic carbocycles. The molecule has 128 valence electrons. The molecule has 3 rings (SSSR count). The van der Waals surface area contributed by atoms with Crippen LogP contribution in [0.5, 0.6) is 5.75 Å². The minimum atomic E-state index is 0.293. The van der Waals surface area contributed by atoms with Crippen LogP contribution in [-0.2, 0) is 6.42 Å². The largest absolute Gasteiger partial charge is 0.508 e.